The smallest absolute Gasteiger partial charge is 0.240 e. The molecule has 0 radical (unpaired) electrons. The summed E-state index contributed by atoms with van der Waals surface area (Å²) in [4.78, 5) is 13.8. The SMILES string of the molecule is O=C1C(NC2CC2)CCN1Cc1ccno1. The number of rotatable bonds is 4. The lowest BCUT2D eigenvalue weighted by atomic mass is 10.2. The highest BCUT2D eigenvalue weighted by molar-refractivity contribution is 5.84. The average Bonchev–Trinajstić information content (AvgIpc) is 2.83. The zero-order valence-corrected chi connectivity index (χ0v) is 9.06. The molecule has 1 saturated carbocycles. The van der Waals surface area contributed by atoms with E-state index in [9.17, 15) is 4.79 Å². The normalized spacial score (nSPS) is 25.4. The molecule has 1 aromatic rings. The molecule has 0 aromatic carbocycles. The van der Waals surface area contributed by atoms with Crippen molar-refractivity contribution in [3.63, 3.8) is 0 Å². The molecule has 0 spiro atoms. The summed E-state index contributed by atoms with van der Waals surface area (Å²) in [5.41, 5.74) is 0. The van der Waals surface area contributed by atoms with Crippen LogP contribution >= 0.6 is 0 Å². The second kappa shape index (κ2) is 3.90. The maximum absolute atomic E-state index is 12.0. The van der Waals surface area contributed by atoms with Crippen LogP contribution in [0.4, 0.5) is 0 Å². The Hall–Kier alpha value is -1.36. The third-order valence-corrected chi connectivity index (χ3v) is 3.15. The Labute approximate surface area is 93.8 Å². The summed E-state index contributed by atoms with van der Waals surface area (Å²) in [7, 11) is 0. The van der Waals surface area contributed by atoms with E-state index in [1.54, 1.807) is 12.3 Å². The third-order valence-electron chi connectivity index (χ3n) is 3.15. The van der Waals surface area contributed by atoms with Gasteiger partial charge in [0.05, 0.1) is 18.8 Å². The zero-order chi connectivity index (χ0) is 11.0. The molecule has 2 fully saturated rings. The molecule has 0 bridgehead atoms. The first kappa shape index (κ1) is 9.84. The number of amides is 1. The van der Waals surface area contributed by atoms with Crippen molar-refractivity contribution in [2.24, 2.45) is 0 Å². The summed E-state index contributed by atoms with van der Waals surface area (Å²) < 4.78 is 5.01. The van der Waals surface area contributed by atoms with Crippen LogP contribution in [0.25, 0.3) is 0 Å². The average molecular weight is 221 g/mol. The standard InChI is InChI=1S/C11H15N3O2/c15-11-10(13-8-1-2-8)4-6-14(11)7-9-3-5-12-16-9/h3,5,8,10,13H,1-2,4,6-7H2. The molecule has 1 amide bonds. The minimum Gasteiger partial charge on any atom is -0.360 e. The number of hydrogen-bond donors (Lipinski definition) is 1. The summed E-state index contributed by atoms with van der Waals surface area (Å²) >= 11 is 0. The molecule has 1 N–H and O–H groups in total. The van der Waals surface area contributed by atoms with Gasteiger partial charge in [-0.25, -0.2) is 0 Å². The molecule has 5 nitrogen and oxygen atoms in total. The van der Waals surface area contributed by atoms with Crippen molar-refractivity contribution < 1.29 is 9.32 Å². The van der Waals surface area contributed by atoms with Crippen LogP contribution in [0.3, 0.4) is 0 Å². The maximum atomic E-state index is 12.0. The molecule has 3 rings (SSSR count). The van der Waals surface area contributed by atoms with Gasteiger partial charge in [0.1, 0.15) is 0 Å². The van der Waals surface area contributed by atoms with Crippen LogP contribution in [-0.2, 0) is 11.3 Å². The first-order valence-electron chi connectivity index (χ1n) is 5.77. The molecule has 1 unspecified atom stereocenters. The molecule has 1 atom stereocenters. The second-order valence-corrected chi connectivity index (χ2v) is 4.52. The summed E-state index contributed by atoms with van der Waals surface area (Å²) in [6.45, 7) is 1.35. The van der Waals surface area contributed by atoms with Crippen LogP contribution in [0, 0.1) is 0 Å². The van der Waals surface area contributed by atoms with Gasteiger partial charge in [0.2, 0.25) is 5.91 Å². The summed E-state index contributed by atoms with van der Waals surface area (Å²) in [6, 6.07) is 2.41. The lowest BCUT2D eigenvalue weighted by molar-refractivity contribution is -0.130. The van der Waals surface area contributed by atoms with Crippen molar-refractivity contribution in [3.05, 3.63) is 18.0 Å². The predicted octanol–water partition coefficient (Wildman–Crippen LogP) is 0.527. The van der Waals surface area contributed by atoms with Gasteiger partial charge in [-0.05, 0) is 19.3 Å². The van der Waals surface area contributed by atoms with Crippen LogP contribution in [-0.4, -0.2) is 34.6 Å². The van der Waals surface area contributed by atoms with E-state index in [1.807, 2.05) is 4.90 Å². The maximum Gasteiger partial charge on any atom is 0.240 e. The quantitative estimate of drug-likeness (QED) is 0.805. The number of aromatic nitrogens is 1. The monoisotopic (exact) mass is 221 g/mol. The van der Waals surface area contributed by atoms with E-state index in [4.69, 9.17) is 4.52 Å². The molecule has 16 heavy (non-hydrogen) atoms. The van der Waals surface area contributed by atoms with Gasteiger partial charge in [0.25, 0.3) is 0 Å². The fourth-order valence-electron chi connectivity index (χ4n) is 2.10. The first-order valence-corrected chi connectivity index (χ1v) is 5.77. The number of likely N-dealkylation sites (tertiary alicyclic amines) is 1. The van der Waals surface area contributed by atoms with E-state index < -0.39 is 0 Å². The molecule has 1 saturated heterocycles. The Bertz CT molecular complexity index is 373. The van der Waals surface area contributed by atoms with Crippen LogP contribution in [0.5, 0.6) is 0 Å². The van der Waals surface area contributed by atoms with E-state index in [2.05, 4.69) is 10.5 Å². The highest BCUT2D eigenvalue weighted by atomic mass is 16.5. The van der Waals surface area contributed by atoms with Gasteiger partial charge in [-0.15, -0.1) is 0 Å². The van der Waals surface area contributed by atoms with Crippen molar-refractivity contribution in [3.8, 4) is 0 Å². The highest BCUT2D eigenvalue weighted by Crippen LogP contribution is 2.23. The minimum absolute atomic E-state index is 0.0235. The number of nitrogens with zero attached hydrogens (tertiary/aromatic N) is 2. The number of carbonyl (C=O) groups is 1. The van der Waals surface area contributed by atoms with Crippen molar-refractivity contribution in [2.45, 2.75) is 37.9 Å². The number of hydrogen-bond acceptors (Lipinski definition) is 4. The van der Waals surface area contributed by atoms with Gasteiger partial charge >= 0.3 is 0 Å². The molecular weight excluding hydrogens is 206 g/mol. The third kappa shape index (κ3) is 1.95. The Morgan fingerprint density at radius 3 is 3.06 bits per heavy atom. The topological polar surface area (TPSA) is 58.4 Å². The van der Waals surface area contributed by atoms with E-state index in [-0.39, 0.29) is 11.9 Å². The number of carbonyl (C=O) groups excluding carboxylic acids is 1. The molecule has 5 heteroatoms. The van der Waals surface area contributed by atoms with Crippen molar-refractivity contribution >= 4 is 5.91 Å². The van der Waals surface area contributed by atoms with Gasteiger partial charge in [-0.2, -0.15) is 0 Å². The molecule has 2 heterocycles. The van der Waals surface area contributed by atoms with Gasteiger partial charge in [0.15, 0.2) is 5.76 Å². The molecular formula is C11H15N3O2. The summed E-state index contributed by atoms with van der Waals surface area (Å²) in [5, 5.41) is 7.01. The second-order valence-electron chi connectivity index (χ2n) is 4.52. The summed E-state index contributed by atoms with van der Waals surface area (Å²) in [6.07, 6.45) is 4.94. The molecule has 1 aliphatic carbocycles. The van der Waals surface area contributed by atoms with Crippen LogP contribution in [0.1, 0.15) is 25.0 Å². The van der Waals surface area contributed by atoms with E-state index in [0.717, 1.165) is 18.7 Å². The fourth-order valence-corrected chi connectivity index (χ4v) is 2.10. The zero-order valence-electron chi connectivity index (χ0n) is 9.06. The van der Waals surface area contributed by atoms with Crippen molar-refractivity contribution in [1.29, 1.82) is 0 Å². The number of nitrogens with one attached hydrogen (secondary N) is 1. The van der Waals surface area contributed by atoms with Gasteiger partial charge in [-0.3, -0.25) is 4.79 Å². The largest absolute Gasteiger partial charge is 0.360 e. The lowest BCUT2D eigenvalue weighted by Gasteiger charge is -2.15. The van der Waals surface area contributed by atoms with E-state index >= 15 is 0 Å². The van der Waals surface area contributed by atoms with E-state index in [1.165, 1.54) is 12.8 Å². The van der Waals surface area contributed by atoms with Crippen LogP contribution in [0.15, 0.2) is 16.8 Å². The van der Waals surface area contributed by atoms with Crippen molar-refractivity contribution in [2.75, 3.05) is 6.54 Å². The van der Waals surface area contributed by atoms with Crippen LogP contribution < -0.4 is 5.32 Å². The van der Waals surface area contributed by atoms with Crippen molar-refractivity contribution in [1.82, 2.24) is 15.4 Å². The van der Waals surface area contributed by atoms with Gasteiger partial charge in [0, 0.05) is 18.7 Å². The Balaban J connectivity index is 1.58. The van der Waals surface area contributed by atoms with Gasteiger partial charge < -0.3 is 14.7 Å². The van der Waals surface area contributed by atoms with E-state index in [0.29, 0.717) is 12.6 Å². The minimum atomic E-state index is 0.0235. The molecule has 2 aliphatic rings. The predicted molar refractivity (Wildman–Crippen MR) is 56.5 cm³/mol. The van der Waals surface area contributed by atoms with Gasteiger partial charge in [-0.1, -0.05) is 5.16 Å². The summed E-state index contributed by atoms with van der Waals surface area (Å²) in [5.74, 6) is 0.948. The first-order chi connectivity index (χ1) is 7.83. The molecule has 86 valence electrons. The highest BCUT2D eigenvalue weighted by Gasteiger charge is 2.35. The Morgan fingerprint density at radius 2 is 2.38 bits per heavy atom. The molecule has 1 aromatic heterocycles. The fraction of sp³-hybridized carbons (Fsp3) is 0.636. The molecule has 1 aliphatic heterocycles. The lowest BCUT2D eigenvalue weighted by Crippen LogP contribution is -2.39. The Morgan fingerprint density at radius 1 is 1.50 bits per heavy atom. The Kier molecular flexibility index (Phi) is 2.40. The van der Waals surface area contributed by atoms with Crippen LogP contribution in [0.2, 0.25) is 0 Å².